The third-order valence-electron chi connectivity index (χ3n) is 5.15. The molecule has 0 aliphatic carbocycles. The standard InChI is InChI=1S/C24H23Cl2NO5S.Na.H/c1-15(27-14-23(28)17-3-2-4-18(25)12-17)11-16-5-7-19(8-6-16)33(31,32)20-9-10-21(24(29)30)22(26)13-20;;/h2-10,12-13,15,23,27-28H,11,14H2,1H3,(H,29,30);;/t15-,23-;;/m1../s1. The van der Waals surface area contributed by atoms with Crippen molar-refractivity contribution in [2.45, 2.75) is 35.3 Å². The Balaban J connectivity index is 0.00000408. The van der Waals surface area contributed by atoms with Crippen LogP contribution in [-0.4, -0.2) is 66.7 Å². The summed E-state index contributed by atoms with van der Waals surface area (Å²) in [4.78, 5) is 11.1. The summed E-state index contributed by atoms with van der Waals surface area (Å²) in [5.41, 5.74) is 1.49. The van der Waals surface area contributed by atoms with Crippen molar-refractivity contribution in [2.75, 3.05) is 6.54 Å². The van der Waals surface area contributed by atoms with Crippen LogP contribution in [0.5, 0.6) is 0 Å². The van der Waals surface area contributed by atoms with Gasteiger partial charge in [0, 0.05) is 17.6 Å². The van der Waals surface area contributed by atoms with Crippen LogP contribution in [0.2, 0.25) is 10.0 Å². The fourth-order valence-corrected chi connectivity index (χ4v) is 5.16. The molecular weight excluding hydrogens is 508 g/mol. The van der Waals surface area contributed by atoms with Crippen molar-refractivity contribution in [2.24, 2.45) is 0 Å². The van der Waals surface area contributed by atoms with Gasteiger partial charge in [0.1, 0.15) is 0 Å². The van der Waals surface area contributed by atoms with E-state index in [0.717, 1.165) is 17.2 Å². The summed E-state index contributed by atoms with van der Waals surface area (Å²) >= 11 is 11.9. The number of carboxylic acids is 1. The van der Waals surface area contributed by atoms with Crippen molar-refractivity contribution >= 4 is 68.6 Å². The number of carboxylic acid groups (broad SMARTS) is 1. The van der Waals surface area contributed by atoms with Gasteiger partial charge in [0.15, 0.2) is 0 Å². The molecule has 6 nitrogen and oxygen atoms in total. The Morgan fingerprint density at radius 1 is 1.00 bits per heavy atom. The fourth-order valence-electron chi connectivity index (χ4n) is 3.35. The van der Waals surface area contributed by atoms with Gasteiger partial charge in [0.2, 0.25) is 9.84 Å². The molecule has 3 aromatic carbocycles. The molecule has 3 aromatic rings. The van der Waals surface area contributed by atoms with Gasteiger partial charge in [-0.05, 0) is 66.9 Å². The number of hydrogen-bond donors (Lipinski definition) is 3. The molecule has 0 fully saturated rings. The number of hydrogen-bond acceptors (Lipinski definition) is 5. The zero-order chi connectivity index (χ0) is 24.2. The number of benzene rings is 3. The van der Waals surface area contributed by atoms with Crippen LogP contribution in [0.3, 0.4) is 0 Å². The normalized spacial score (nSPS) is 13.1. The quantitative estimate of drug-likeness (QED) is 0.358. The Bertz CT molecular complexity index is 1250. The molecular formula is C24H24Cl2NNaO5S. The summed E-state index contributed by atoms with van der Waals surface area (Å²) in [6.45, 7) is 2.32. The Morgan fingerprint density at radius 3 is 2.24 bits per heavy atom. The zero-order valence-electron chi connectivity index (χ0n) is 17.7. The van der Waals surface area contributed by atoms with Crippen molar-refractivity contribution in [3.05, 3.63) is 93.5 Å². The van der Waals surface area contributed by atoms with Crippen molar-refractivity contribution in [1.82, 2.24) is 5.32 Å². The molecule has 34 heavy (non-hydrogen) atoms. The number of rotatable bonds is 9. The van der Waals surface area contributed by atoms with Crippen LogP contribution in [-0.2, 0) is 16.3 Å². The van der Waals surface area contributed by atoms with Crippen LogP contribution in [0.1, 0.15) is 34.5 Å². The van der Waals surface area contributed by atoms with E-state index in [9.17, 15) is 18.3 Å². The molecule has 0 unspecified atom stereocenters. The topological polar surface area (TPSA) is 104 Å². The summed E-state index contributed by atoms with van der Waals surface area (Å²) < 4.78 is 25.8. The van der Waals surface area contributed by atoms with E-state index in [4.69, 9.17) is 28.3 Å². The number of aliphatic hydroxyl groups is 1. The number of halogens is 2. The molecule has 0 radical (unpaired) electrons. The Morgan fingerprint density at radius 2 is 1.65 bits per heavy atom. The van der Waals surface area contributed by atoms with Crippen LogP contribution in [0.15, 0.2) is 76.5 Å². The number of aromatic carboxylic acids is 1. The van der Waals surface area contributed by atoms with Gasteiger partial charge < -0.3 is 15.5 Å². The molecule has 0 amide bonds. The van der Waals surface area contributed by atoms with E-state index < -0.39 is 21.9 Å². The molecule has 0 saturated heterocycles. The first-order valence-corrected chi connectivity index (χ1v) is 12.4. The van der Waals surface area contributed by atoms with Crippen molar-refractivity contribution in [1.29, 1.82) is 0 Å². The number of carbonyl (C=O) groups is 1. The van der Waals surface area contributed by atoms with Gasteiger partial charge in [-0.1, -0.05) is 47.5 Å². The van der Waals surface area contributed by atoms with Gasteiger partial charge in [-0.25, -0.2) is 13.2 Å². The number of nitrogens with one attached hydrogen (secondary N) is 1. The van der Waals surface area contributed by atoms with E-state index in [1.165, 1.54) is 24.3 Å². The zero-order valence-corrected chi connectivity index (χ0v) is 20.0. The fraction of sp³-hybridized carbons (Fsp3) is 0.208. The van der Waals surface area contributed by atoms with Crippen molar-refractivity contribution in [3.63, 3.8) is 0 Å². The third kappa shape index (κ3) is 7.29. The summed E-state index contributed by atoms with van der Waals surface area (Å²) in [6, 6.07) is 17.1. The van der Waals surface area contributed by atoms with Crippen LogP contribution < -0.4 is 5.32 Å². The van der Waals surface area contributed by atoms with Gasteiger partial charge in [-0.3, -0.25) is 0 Å². The van der Waals surface area contributed by atoms with Gasteiger partial charge in [0.05, 0.1) is 26.5 Å². The predicted octanol–water partition coefficient (Wildman–Crippen LogP) is 4.13. The summed E-state index contributed by atoms with van der Waals surface area (Å²) in [7, 11) is -3.84. The SMILES string of the molecule is C[C@H](Cc1ccc(S(=O)(=O)c2ccc(C(=O)O)c(Cl)c2)cc1)NC[C@@H](O)c1cccc(Cl)c1.[NaH]. The first-order chi connectivity index (χ1) is 15.6. The van der Waals surface area contributed by atoms with Crippen LogP contribution in [0.4, 0.5) is 0 Å². The molecule has 0 bridgehead atoms. The Labute approximate surface area is 231 Å². The van der Waals surface area contributed by atoms with E-state index in [1.54, 1.807) is 30.3 Å². The van der Waals surface area contributed by atoms with Gasteiger partial charge >= 0.3 is 35.5 Å². The van der Waals surface area contributed by atoms with E-state index in [1.807, 2.05) is 13.0 Å². The van der Waals surface area contributed by atoms with E-state index in [-0.39, 0.29) is 56.0 Å². The number of sulfone groups is 1. The van der Waals surface area contributed by atoms with Gasteiger partial charge in [-0.2, -0.15) is 0 Å². The molecule has 176 valence electrons. The number of aliphatic hydroxyl groups excluding tert-OH is 1. The minimum atomic E-state index is -3.84. The Hall–Kier alpha value is -1.42. The summed E-state index contributed by atoms with van der Waals surface area (Å²) in [6.07, 6.45) is -0.0696. The molecule has 0 saturated carbocycles. The molecule has 0 aromatic heterocycles. The second-order valence-electron chi connectivity index (χ2n) is 7.68. The van der Waals surface area contributed by atoms with Crippen LogP contribution >= 0.6 is 23.2 Å². The molecule has 2 atom stereocenters. The molecule has 0 aliphatic rings. The molecule has 3 rings (SSSR count). The summed E-state index contributed by atoms with van der Waals surface area (Å²) in [5, 5.41) is 23.1. The molecule has 0 aliphatic heterocycles. The maximum atomic E-state index is 12.9. The maximum absolute atomic E-state index is 12.9. The van der Waals surface area contributed by atoms with Gasteiger partial charge in [-0.15, -0.1) is 0 Å². The monoisotopic (exact) mass is 531 g/mol. The third-order valence-corrected chi connectivity index (χ3v) is 7.47. The second-order valence-corrected chi connectivity index (χ2v) is 10.5. The minimum absolute atomic E-state index is 0. The van der Waals surface area contributed by atoms with Crippen molar-refractivity contribution < 1.29 is 23.4 Å². The van der Waals surface area contributed by atoms with Crippen LogP contribution in [0, 0.1) is 0 Å². The first kappa shape index (κ1) is 28.8. The Kier molecular flexibility index (Phi) is 10.6. The summed E-state index contributed by atoms with van der Waals surface area (Å²) in [5.74, 6) is -1.23. The first-order valence-electron chi connectivity index (χ1n) is 10.1. The van der Waals surface area contributed by atoms with Crippen molar-refractivity contribution in [3.8, 4) is 0 Å². The molecule has 3 N–H and O–H groups in total. The van der Waals surface area contributed by atoms with E-state index >= 15 is 0 Å². The molecule has 0 heterocycles. The molecule has 10 heteroatoms. The van der Waals surface area contributed by atoms with E-state index in [0.29, 0.717) is 18.0 Å². The average molecular weight is 532 g/mol. The second kappa shape index (κ2) is 12.5. The predicted molar refractivity (Wildman–Crippen MR) is 135 cm³/mol. The average Bonchev–Trinajstić information content (AvgIpc) is 2.77. The van der Waals surface area contributed by atoms with E-state index in [2.05, 4.69) is 5.32 Å². The van der Waals surface area contributed by atoms with Gasteiger partial charge in [0.25, 0.3) is 0 Å². The molecule has 0 spiro atoms. The van der Waals surface area contributed by atoms with Crippen LogP contribution in [0.25, 0.3) is 0 Å².